The quantitative estimate of drug-likeness (QED) is 0.815. The molecule has 0 aliphatic carbocycles. The Bertz CT molecular complexity index is 532. The number of rotatable bonds is 7. The average Bonchev–Trinajstić information content (AvgIpc) is 2.63. The molecule has 1 N–H and O–H groups in total. The molecule has 1 heterocycles. The first-order valence-corrected chi connectivity index (χ1v) is 9.69. The van der Waals surface area contributed by atoms with Crippen molar-refractivity contribution in [3.8, 4) is 0 Å². The zero-order valence-electron chi connectivity index (χ0n) is 14.5. The van der Waals surface area contributed by atoms with Crippen molar-refractivity contribution in [2.24, 2.45) is 0 Å². The van der Waals surface area contributed by atoms with Crippen LogP contribution in [-0.4, -0.2) is 66.3 Å². The Hall–Kier alpha value is -1.53. The number of thioether (sulfide) groups is 1. The van der Waals surface area contributed by atoms with Gasteiger partial charge in [0, 0.05) is 38.2 Å². The van der Waals surface area contributed by atoms with E-state index in [-0.39, 0.29) is 24.4 Å². The molecule has 0 unspecified atom stereocenters. The Kier molecular flexibility index (Phi) is 7.59. The fraction of sp³-hybridized carbons (Fsp3) is 0.556. The molecule has 0 bridgehead atoms. The summed E-state index contributed by atoms with van der Waals surface area (Å²) in [5.41, 5.74) is 1.01. The molecule has 1 saturated heterocycles. The number of hydrogen-bond donors (Lipinski definition) is 1. The van der Waals surface area contributed by atoms with E-state index < -0.39 is 0 Å². The molecule has 6 heteroatoms. The number of carbonyl (C=O) groups is 2. The van der Waals surface area contributed by atoms with E-state index in [0.29, 0.717) is 6.54 Å². The second-order valence-corrected chi connectivity index (χ2v) is 7.12. The van der Waals surface area contributed by atoms with Crippen LogP contribution in [0.15, 0.2) is 30.3 Å². The predicted octanol–water partition coefficient (Wildman–Crippen LogP) is 1.76. The second-order valence-electron chi connectivity index (χ2n) is 5.89. The highest BCUT2D eigenvalue weighted by Gasteiger charge is 2.32. The minimum Gasteiger partial charge on any atom is -0.358 e. The third kappa shape index (κ3) is 4.98. The highest BCUT2D eigenvalue weighted by molar-refractivity contribution is 7.99. The Morgan fingerprint density at radius 3 is 2.50 bits per heavy atom. The van der Waals surface area contributed by atoms with Crippen LogP contribution in [0.1, 0.15) is 24.9 Å². The summed E-state index contributed by atoms with van der Waals surface area (Å²) in [5.74, 6) is 1.98. The van der Waals surface area contributed by atoms with Crippen LogP contribution in [0.3, 0.4) is 0 Å². The van der Waals surface area contributed by atoms with Crippen LogP contribution < -0.4 is 5.32 Å². The molecule has 2 rings (SSSR count). The molecule has 5 nitrogen and oxygen atoms in total. The molecule has 1 aliphatic heterocycles. The summed E-state index contributed by atoms with van der Waals surface area (Å²) in [6.07, 6.45) is 0.833. The van der Waals surface area contributed by atoms with E-state index in [1.54, 1.807) is 11.9 Å². The Morgan fingerprint density at radius 2 is 1.92 bits per heavy atom. The predicted molar refractivity (Wildman–Crippen MR) is 99.0 cm³/mol. The minimum absolute atomic E-state index is 0.0264. The van der Waals surface area contributed by atoms with E-state index in [1.807, 2.05) is 49.0 Å². The molecule has 1 fully saturated rings. The summed E-state index contributed by atoms with van der Waals surface area (Å²) in [6.45, 7) is 4.54. The van der Waals surface area contributed by atoms with Gasteiger partial charge in [0.1, 0.15) is 6.04 Å². The largest absolute Gasteiger partial charge is 0.358 e. The normalized spacial score (nSPS) is 16.4. The Labute approximate surface area is 148 Å². The zero-order chi connectivity index (χ0) is 17.4. The van der Waals surface area contributed by atoms with Crippen LogP contribution in [0, 0.1) is 0 Å². The first kappa shape index (κ1) is 18.8. The fourth-order valence-corrected chi connectivity index (χ4v) is 3.87. The lowest BCUT2D eigenvalue weighted by atomic mass is 10.0. The van der Waals surface area contributed by atoms with Crippen molar-refractivity contribution < 1.29 is 9.59 Å². The van der Waals surface area contributed by atoms with E-state index in [1.165, 1.54) is 0 Å². The van der Waals surface area contributed by atoms with Gasteiger partial charge in [-0.3, -0.25) is 14.5 Å². The lowest BCUT2D eigenvalue weighted by Gasteiger charge is -2.36. The maximum atomic E-state index is 13.3. The number of nitrogens with zero attached hydrogens (tertiary/aromatic N) is 2. The molecule has 1 aromatic rings. The monoisotopic (exact) mass is 349 g/mol. The third-order valence-corrected chi connectivity index (χ3v) is 5.12. The van der Waals surface area contributed by atoms with Crippen LogP contribution in [0.4, 0.5) is 0 Å². The highest BCUT2D eigenvalue weighted by Crippen LogP contribution is 2.26. The summed E-state index contributed by atoms with van der Waals surface area (Å²) < 4.78 is 0. The highest BCUT2D eigenvalue weighted by atomic mass is 32.2. The maximum Gasteiger partial charge on any atom is 0.245 e. The molecular weight excluding hydrogens is 322 g/mol. The molecule has 1 aromatic carbocycles. The first-order valence-electron chi connectivity index (χ1n) is 8.53. The van der Waals surface area contributed by atoms with Crippen molar-refractivity contribution >= 4 is 23.6 Å². The lowest BCUT2D eigenvalue weighted by molar-refractivity contribution is -0.140. The molecule has 0 aromatic heterocycles. The fourth-order valence-electron chi connectivity index (χ4n) is 2.94. The third-order valence-electron chi connectivity index (χ3n) is 4.18. The van der Waals surface area contributed by atoms with Crippen molar-refractivity contribution in [2.75, 3.05) is 44.7 Å². The standard InChI is InChI=1S/C18H27N3O2S/c1-3-9-21(14-16(22)19-2)18(23)17(15-7-5-4-6-8-15)20-10-12-24-13-11-20/h4-8,17H,3,9-14H2,1-2H3,(H,19,22)/t17-/m0/s1. The molecule has 0 spiro atoms. The topological polar surface area (TPSA) is 52.7 Å². The number of likely N-dealkylation sites (N-methyl/N-ethyl adjacent to an activating group) is 1. The van der Waals surface area contributed by atoms with Crippen LogP contribution >= 0.6 is 11.8 Å². The Morgan fingerprint density at radius 1 is 1.25 bits per heavy atom. The summed E-state index contributed by atoms with van der Waals surface area (Å²) >= 11 is 1.93. The molecular formula is C18H27N3O2S. The number of nitrogens with one attached hydrogen (secondary N) is 1. The summed E-state index contributed by atoms with van der Waals surface area (Å²) in [4.78, 5) is 29.0. The molecule has 1 aliphatic rings. The number of carbonyl (C=O) groups excluding carboxylic acids is 2. The first-order chi connectivity index (χ1) is 11.7. The van der Waals surface area contributed by atoms with E-state index in [9.17, 15) is 9.59 Å². The maximum absolute atomic E-state index is 13.3. The van der Waals surface area contributed by atoms with Gasteiger partial charge in [-0.05, 0) is 12.0 Å². The van der Waals surface area contributed by atoms with Crippen molar-refractivity contribution in [2.45, 2.75) is 19.4 Å². The van der Waals surface area contributed by atoms with Gasteiger partial charge in [-0.2, -0.15) is 11.8 Å². The number of benzene rings is 1. The SMILES string of the molecule is CCCN(CC(=O)NC)C(=O)[C@H](c1ccccc1)N1CCSCC1. The smallest absolute Gasteiger partial charge is 0.245 e. The van der Waals surface area contributed by atoms with Gasteiger partial charge in [-0.25, -0.2) is 0 Å². The van der Waals surface area contributed by atoms with Gasteiger partial charge in [-0.15, -0.1) is 0 Å². The number of hydrogen-bond acceptors (Lipinski definition) is 4. The van der Waals surface area contributed by atoms with Gasteiger partial charge in [0.2, 0.25) is 11.8 Å². The molecule has 132 valence electrons. The molecule has 2 amide bonds. The van der Waals surface area contributed by atoms with Gasteiger partial charge in [0.25, 0.3) is 0 Å². The van der Waals surface area contributed by atoms with Crippen molar-refractivity contribution in [3.63, 3.8) is 0 Å². The Balaban J connectivity index is 2.26. The number of amides is 2. The van der Waals surface area contributed by atoms with E-state index in [0.717, 1.165) is 36.6 Å². The molecule has 0 radical (unpaired) electrons. The van der Waals surface area contributed by atoms with Crippen molar-refractivity contribution in [3.05, 3.63) is 35.9 Å². The van der Waals surface area contributed by atoms with Gasteiger partial charge in [0.05, 0.1) is 6.54 Å². The minimum atomic E-state index is -0.302. The molecule has 1 atom stereocenters. The van der Waals surface area contributed by atoms with Gasteiger partial charge in [0.15, 0.2) is 0 Å². The van der Waals surface area contributed by atoms with E-state index in [4.69, 9.17) is 0 Å². The van der Waals surface area contributed by atoms with Crippen LogP contribution in [0.2, 0.25) is 0 Å². The van der Waals surface area contributed by atoms with Crippen LogP contribution in [0.25, 0.3) is 0 Å². The van der Waals surface area contributed by atoms with Gasteiger partial charge in [-0.1, -0.05) is 37.3 Å². The lowest BCUT2D eigenvalue weighted by Crippen LogP contribution is -2.48. The summed E-state index contributed by atoms with van der Waals surface area (Å²) in [5, 5.41) is 2.62. The zero-order valence-corrected chi connectivity index (χ0v) is 15.3. The van der Waals surface area contributed by atoms with E-state index >= 15 is 0 Å². The average molecular weight is 350 g/mol. The van der Waals surface area contributed by atoms with E-state index in [2.05, 4.69) is 10.2 Å². The second kappa shape index (κ2) is 9.69. The van der Waals surface area contributed by atoms with Gasteiger partial charge < -0.3 is 10.2 Å². The van der Waals surface area contributed by atoms with Crippen molar-refractivity contribution in [1.82, 2.24) is 15.1 Å². The van der Waals surface area contributed by atoms with Crippen molar-refractivity contribution in [1.29, 1.82) is 0 Å². The van der Waals surface area contributed by atoms with Gasteiger partial charge >= 0.3 is 0 Å². The van der Waals surface area contributed by atoms with Crippen LogP contribution in [-0.2, 0) is 9.59 Å². The summed E-state index contributed by atoms with van der Waals surface area (Å²) in [7, 11) is 1.60. The molecule has 24 heavy (non-hydrogen) atoms. The summed E-state index contributed by atoms with van der Waals surface area (Å²) in [6, 6.07) is 9.62. The molecule has 0 saturated carbocycles. The van der Waals surface area contributed by atoms with Crippen LogP contribution in [0.5, 0.6) is 0 Å².